The van der Waals surface area contributed by atoms with E-state index in [1.807, 2.05) is 0 Å². The Bertz CT molecular complexity index is 465. The molecule has 0 aromatic carbocycles. The van der Waals surface area contributed by atoms with Gasteiger partial charge in [0, 0.05) is 6.54 Å². The summed E-state index contributed by atoms with van der Waals surface area (Å²) in [7, 11) is 0. The molecular formula is C8H12N6O. The van der Waals surface area contributed by atoms with Crippen molar-refractivity contribution in [1.29, 1.82) is 0 Å². The molecule has 0 radical (unpaired) electrons. The summed E-state index contributed by atoms with van der Waals surface area (Å²) in [5, 5.41) is 12.1. The van der Waals surface area contributed by atoms with E-state index in [9.17, 15) is 0 Å². The molecule has 0 aliphatic carbocycles. The van der Waals surface area contributed by atoms with Gasteiger partial charge in [-0.15, -0.1) is 0 Å². The van der Waals surface area contributed by atoms with Gasteiger partial charge in [0.05, 0.1) is 12.4 Å². The number of nitrogen functional groups attached to an aromatic ring is 1. The van der Waals surface area contributed by atoms with Crippen LogP contribution in [-0.4, -0.2) is 37.7 Å². The van der Waals surface area contributed by atoms with Crippen molar-refractivity contribution >= 4 is 22.9 Å². The van der Waals surface area contributed by atoms with E-state index in [0.29, 0.717) is 23.5 Å². The predicted octanol–water partition coefficient (Wildman–Crippen LogP) is -0.272. The highest BCUT2D eigenvalue weighted by Crippen LogP contribution is 2.16. The lowest BCUT2D eigenvalue weighted by Gasteiger charge is -2.08. The second kappa shape index (κ2) is 3.70. The number of aromatic amines is 1. The third kappa shape index (κ3) is 1.96. The molecule has 1 atom stereocenters. The lowest BCUT2D eigenvalue weighted by molar-refractivity contribution is 0.208. The number of aliphatic hydroxyl groups is 1. The Morgan fingerprint density at radius 2 is 2.40 bits per heavy atom. The zero-order chi connectivity index (χ0) is 10.8. The number of nitrogens with two attached hydrogens (primary N) is 1. The van der Waals surface area contributed by atoms with Gasteiger partial charge >= 0.3 is 0 Å². The van der Waals surface area contributed by atoms with Crippen molar-refractivity contribution in [2.75, 3.05) is 17.6 Å². The first-order valence-corrected chi connectivity index (χ1v) is 4.55. The summed E-state index contributed by atoms with van der Waals surface area (Å²) in [5.41, 5.74) is 6.71. The fraction of sp³-hybridized carbons (Fsp3) is 0.375. The minimum atomic E-state index is -0.459. The third-order valence-corrected chi connectivity index (χ3v) is 1.87. The van der Waals surface area contributed by atoms with Gasteiger partial charge in [-0.25, -0.2) is 4.98 Å². The van der Waals surface area contributed by atoms with Gasteiger partial charge in [-0.05, 0) is 6.92 Å². The maximum absolute atomic E-state index is 9.14. The number of fused-ring (bicyclic) bond motifs is 1. The molecule has 0 spiro atoms. The highest BCUT2D eigenvalue weighted by Gasteiger charge is 2.08. The molecule has 80 valence electrons. The average molecular weight is 208 g/mol. The molecule has 0 saturated heterocycles. The van der Waals surface area contributed by atoms with Crippen molar-refractivity contribution in [1.82, 2.24) is 19.9 Å². The van der Waals surface area contributed by atoms with Crippen LogP contribution >= 0.6 is 0 Å². The zero-order valence-corrected chi connectivity index (χ0v) is 8.23. The van der Waals surface area contributed by atoms with Crippen molar-refractivity contribution in [3.63, 3.8) is 0 Å². The first-order chi connectivity index (χ1) is 7.16. The van der Waals surface area contributed by atoms with E-state index < -0.39 is 6.10 Å². The summed E-state index contributed by atoms with van der Waals surface area (Å²) in [6, 6.07) is 0. The summed E-state index contributed by atoms with van der Waals surface area (Å²) in [6.07, 6.45) is 1.06. The van der Waals surface area contributed by atoms with Crippen LogP contribution in [0.3, 0.4) is 0 Å². The Balaban J connectivity index is 2.35. The van der Waals surface area contributed by atoms with Crippen LogP contribution in [0.25, 0.3) is 11.2 Å². The number of hydrogen-bond acceptors (Lipinski definition) is 6. The van der Waals surface area contributed by atoms with E-state index in [1.165, 1.54) is 6.33 Å². The lowest BCUT2D eigenvalue weighted by Crippen LogP contribution is -2.16. The van der Waals surface area contributed by atoms with Crippen LogP contribution in [0, 0.1) is 0 Å². The molecule has 7 heteroatoms. The molecule has 7 nitrogen and oxygen atoms in total. The van der Waals surface area contributed by atoms with Gasteiger partial charge in [0.2, 0.25) is 5.95 Å². The fourth-order valence-electron chi connectivity index (χ4n) is 1.22. The average Bonchev–Trinajstić information content (AvgIpc) is 2.61. The summed E-state index contributed by atoms with van der Waals surface area (Å²) in [4.78, 5) is 14.8. The van der Waals surface area contributed by atoms with Crippen molar-refractivity contribution in [2.45, 2.75) is 13.0 Å². The predicted molar refractivity (Wildman–Crippen MR) is 56.3 cm³/mol. The molecule has 0 bridgehead atoms. The molecule has 1 unspecified atom stereocenters. The summed E-state index contributed by atoms with van der Waals surface area (Å²) in [5.74, 6) is 0.707. The quantitative estimate of drug-likeness (QED) is 0.552. The van der Waals surface area contributed by atoms with E-state index >= 15 is 0 Å². The number of anilines is 2. The van der Waals surface area contributed by atoms with E-state index in [2.05, 4.69) is 25.3 Å². The minimum absolute atomic E-state index is 0.155. The summed E-state index contributed by atoms with van der Waals surface area (Å²) in [6.45, 7) is 2.08. The van der Waals surface area contributed by atoms with Crippen molar-refractivity contribution in [2.24, 2.45) is 0 Å². The zero-order valence-electron chi connectivity index (χ0n) is 8.23. The first kappa shape index (κ1) is 9.66. The van der Waals surface area contributed by atoms with Crippen LogP contribution in [0.4, 0.5) is 11.8 Å². The molecular weight excluding hydrogens is 196 g/mol. The fourth-order valence-corrected chi connectivity index (χ4v) is 1.22. The number of nitrogens with one attached hydrogen (secondary N) is 2. The van der Waals surface area contributed by atoms with E-state index in [1.54, 1.807) is 6.92 Å². The number of aromatic nitrogens is 4. The number of nitrogens with zero attached hydrogens (tertiary/aromatic N) is 3. The molecule has 15 heavy (non-hydrogen) atoms. The summed E-state index contributed by atoms with van der Waals surface area (Å²) < 4.78 is 0. The number of H-pyrrole nitrogens is 1. The lowest BCUT2D eigenvalue weighted by atomic mass is 10.4. The van der Waals surface area contributed by atoms with Gasteiger partial charge in [-0.3, -0.25) is 0 Å². The largest absolute Gasteiger partial charge is 0.392 e. The topological polar surface area (TPSA) is 113 Å². The Hall–Kier alpha value is -1.89. The van der Waals surface area contributed by atoms with Crippen molar-refractivity contribution < 1.29 is 5.11 Å². The monoisotopic (exact) mass is 208 g/mol. The van der Waals surface area contributed by atoms with Crippen molar-refractivity contribution in [3.05, 3.63) is 6.33 Å². The number of aliphatic hydroxyl groups excluding tert-OH is 1. The van der Waals surface area contributed by atoms with Gasteiger partial charge in [-0.1, -0.05) is 0 Å². The molecule has 2 heterocycles. The molecule has 0 aliphatic heterocycles. The van der Waals surface area contributed by atoms with E-state index in [0.717, 1.165) is 0 Å². The Labute approximate surface area is 85.8 Å². The van der Waals surface area contributed by atoms with Crippen LogP contribution in [0.15, 0.2) is 6.33 Å². The molecule has 0 amide bonds. The Kier molecular flexibility index (Phi) is 2.38. The smallest absolute Gasteiger partial charge is 0.224 e. The SMILES string of the molecule is CC(O)CNc1nc(N)nc2nc[nH]c12. The third-order valence-electron chi connectivity index (χ3n) is 1.87. The van der Waals surface area contributed by atoms with Gasteiger partial charge in [-0.2, -0.15) is 9.97 Å². The highest BCUT2D eigenvalue weighted by molar-refractivity contribution is 5.83. The molecule has 2 rings (SSSR count). The van der Waals surface area contributed by atoms with Crippen molar-refractivity contribution in [3.8, 4) is 0 Å². The highest BCUT2D eigenvalue weighted by atomic mass is 16.3. The molecule has 2 aromatic heterocycles. The Morgan fingerprint density at radius 1 is 1.60 bits per heavy atom. The van der Waals surface area contributed by atoms with Crippen LogP contribution in [0.5, 0.6) is 0 Å². The van der Waals surface area contributed by atoms with Crippen LogP contribution in [0.1, 0.15) is 6.92 Å². The maximum atomic E-state index is 9.14. The van der Waals surface area contributed by atoms with Gasteiger partial charge in [0.15, 0.2) is 11.5 Å². The molecule has 2 aromatic rings. The first-order valence-electron chi connectivity index (χ1n) is 4.55. The number of imidazole rings is 1. The van der Waals surface area contributed by atoms with Crippen LogP contribution in [0.2, 0.25) is 0 Å². The Morgan fingerprint density at radius 3 is 3.13 bits per heavy atom. The summed E-state index contributed by atoms with van der Waals surface area (Å²) >= 11 is 0. The second-order valence-corrected chi connectivity index (χ2v) is 3.26. The standard InChI is InChI=1S/C8H12N6O/c1-4(15)2-10-6-5-7(12-3-11-5)14-8(9)13-6/h3-4,15H,2H2,1H3,(H4,9,10,11,12,13,14). The molecule has 0 saturated carbocycles. The van der Waals surface area contributed by atoms with Gasteiger partial charge in [0.1, 0.15) is 5.52 Å². The maximum Gasteiger partial charge on any atom is 0.224 e. The molecule has 0 fully saturated rings. The van der Waals surface area contributed by atoms with Crippen LogP contribution in [-0.2, 0) is 0 Å². The molecule has 0 aliphatic rings. The van der Waals surface area contributed by atoms with Crippen LogP contribution < -0.4 is 11.1 Å². The number of rotatable bonds is 3. The molecule has 5 N–H and O–H groups in total. The van der Waals surface area contributed by atoms with Gasteiger partial charge < -0.3 is 21.1 Å². The number of hydrogen-bond donors (Lipinski definition) is 4. The van der Waals surface area contributed by atoms with E-state index in [4.69, 9.17) is 10.8 Å². The van der Waals surface area contributed by atoms with E-state index in [-0.39, 0.29) is 5.95 Å². The van der Waals surface area contributed by atoms with Gasteiger partial charge in [0.25, 0.3) is 0 Å². The normalized spacial score (nSPS) is 12.9. The second-order valence-electron chi connectivity index (χ2n) is 3.26. The minimum Gasteiger partial charge on any atom is -0.392 e.